The average molecular weight is 747 g/mol. The van der Waals surface area contributed by atoms with Crippen molar-refractivity contribution in [3.8, 4) is 11.8 Å². The number of hydrogen-bond acceptors (Lipinski definition) is 13. The van der Waals surface area contributed by atoms with E-state index in [1.807, 2.05) is 6.07 Å². The number of esters is 1. The Hall–Kier alpha value is -5.31. The average Bonchev–Trinajstić information content (AvgIpc) is 3.49. The fourth-order valence-corrected chi connectivity index (χ4v) is 6.50. The third-order valence-electron chi connectivity index (χ3n) is 9.14. The van der Waals surface area contributed by atoms with Crippen LogP contribution in [0.1, 0.15) is 69.6 Å². The largest absolute Gasteiger partial charge is 0.465 e. The Balaban J connectivity index is 0.935. The van der Waals surface area contributed by atoms with Gasteiger partial charge in [0, 0.05) is 55.0 Å². The molecule has 2 aromatic carbocycles. The van der Waals surface area contributed by atoms with Crippen molar-refractivity contribution in [2.24, 2.45) is 11.6 Å². The summed E-state index contributed by atoms with van der Waals surface area (Å²) in [6, 6.07) is 9.34. The van der Waals surface area contributed by atoms with E-state index in [1.54, 1.807) is 41.4 Å². The molecule has 16 nitrogen and oxygen atoms in total. The molecule has 0 aliphatic carbocycles. The van der Waals surface area contributed by atoms with Gasteiger partial charge in [0.25, 0.3) is 5.91 Å². The maximum absolute atomic E-state index is 13.0. The van der Waals surface area contributed by atoms with Gasteiger partial charge in [-0.05, 0) is 48.7 Å². The van der Waals surface area contributed by atoms with Gasteiger partial charge in [-0.3, -0.25) is 24.5 Å². The van der Waals surface area contributed by atoms with Gasteiger partial charge in [0.05, 0.1) is 70.7 Å². The zero-order chi connectivity index (χ0) is 38.6. The van der Waals surface area contributed by atoms with E-state index in [4.69, 9.17) is 35.3 Å². The number of imide groups is 1. The molecule has 16 heteroatoms. The first-order chi connectivity index (χ1) is 26.1. The van der Waals surface area contributed by atoms with Gasteiger partial charge in [0.15, 0.2) is 0 Å². The van der Waals surface area contributed by atoms with Gasteiger partial charge in [0.1, 0.15) is 12.6 Å². The first-order valence-corrected chi connectivity index (χ1v) is 17.6. The van der Waals surface area contributed by atoms with Crippen molar-refractivity contribution < 1.29 is 47.7 Å². The van der Waals surface area contributed by atoms with Crippen molar-refractivity contribution in [2.45, 2.75) is 44.8 Å². The van der Waals surface area contributed by atoms with E-state index in [-0.39, 0.29) is 49.9 Å². The summed E-state index contributed by atoms with van der Waals surface area (Å²) in [7, 11) is 1.31. The lowest BCUT2D eigenvalue weighted by atomic mass is 9.94. The summed E-state index contributed by atoms with van der Waals surface area (Å²) in [5.41, 5.74) is 10.3. The van der Waals surface area contributed by atoms with E-state index < -0.39 is 17.9 Å². The van der Waals surface area contributed by atoms with Crippen LogP contribution in [0.25, 0.3) is 0 Å². The van der Waals surface area contributed by atoms with Crippen LogP contribution in [0.15, 0.2) is 48.3 Å². The Morgan fingerprint density at radius 2 is 1.72 bits per heavy atom. The maximum atomic E-state index is 13.0. The summed E-state index contributed by atoms with van der Waals surface area (Å²) >= 11 is 0. The molecule has 0 aromatic heterocycles. The fourth-order valence-electron chi connectivity index (χ4n) is 6.50. The number of anilines is 1. The summed E-state index contributed by atoms with van der Waals surface area (Å²) in [5, 5.41) is 3.78. The number of carbonyl (C=O) groups excluding carboxylic acids is 5. The van der Waals surface area contributed by atoms with Crippen LogP contribution in [-0.2, 0) is 44.6 Å². The Kier molecular flexibility index (Phi) is 14.1. The SMILES string of the molecule is COC(=O)c1ccc2c(c1)C(N(N)/C=C(\N)COCCOCCOCCOCC#Cc1cccc3c1CN(C1CCC(=O)NC1=O)C3=O)CCN2C(C)=O. The molecule has 288 valence electrons. The van der Waals surface area contributed by atoms with Crippen molar-refractivity contribution in [3.05, 3.63) is 76.1 Å². The van der Waals surface area contributed by atoms with Gasteiger partial charge in [-0.2, -0.15) is 0 Å². The molecule has 4 amide bonds. The topological polar surface area (TPSA) is 205 Å². The zero-order valence-electron chi connectivity index (χ0n) is 30.5. The second-order valence-corrected chi connectivity index (χ2v) is 12.8. The van der Waals surface area contributed by atoms with Gasteiger partial charge in [-0.1, -0.05) is 17.9 Å². The number of hydrogen-bond donors (Lipinski definition) is 3. The van der Waals surface area contributed by atoms with Crippen LogP contribution in [-0.4, -0.2) is 112 Å². The number of carbonyl (C=O) groups is 5. The molecule has 2 aromatic rings. The molecule has 54 heavy (non-hydrogen) atoms. The fraction of sp³-hybridized carbons (Fsp3) is 0.447. The molecule has 3 aliphatic heterocycles. The highest BCUT2D eigenvalue weighted by atomic mass is 16.6. The van der Waals surface area contributed by atoms with Gasteiger partial charge < -0.3 is 44.2 Å². The third-order valence-corrected chi connectivity index (χ3v) is 9.14. The molecule has 0 bridgehead atoms. The Morgan fingerprint density at radius 3 is 2.43 bits per heavy atom. The number of piperidine rings is 1. The molecule has 3 aliphatic rings. The molecule has 0 saturated carbocycles. The van der Waals surface area contributed by atoms with Crippen LogP contribution in [0.2, 0.25) is 0 Å². The van der Waals surface area contributed by atoms with Crippen LogP contribution in [0.5, 0.6) is 0 Å². The lowest BCUT2D eigenvalue weighted by Crippen LogP contribution is -2.52. The van der Waals surface area contributed by atoms with E-state index in [1.165, 1.54) is 23.9 Å². The van der Waals surface area contributed by atoms with Gasteiger partial charge in [-0.25, -0.2) is 10.6 Å². The van der Waals surface area contributed by atoms with Crippen molar-refractivity contribution in [1.82, 2.24) is 15.2 Å². The summed E-state index contributed by atoms with van der Waals surface area (Å²) in [6.07, 6.45) is 2.62. The molecule has 0 spiro atoms. The van der Waals surface area contributed by atoms with Crippen LogP contribution < -0.4 is 21.8 Å². The van der Waals surface area contributed by atoms with Crippen LogP contribution in [0, 0.1) is 11.8 Å². The van der Waals surface area contributed by atoms with Crippen molar-refractivity contribution in [3.63, 3.8) is 0 Å². The number of ether oxygens (including phenoxy) is 5. The van der Waals surface area contributed by atoms with Gasteiger partial charge >= 0.3 is 5.97 Å². The molecule has 3 heterocycles. The van der Waals surface area contributed by atoms with Gasteiger partial charge in [-0.15, -0.1) is 0 Å². The second-order valence-electron chi connectivity index (χ2n) is 12.8. The Labute approximate surface area is 313 Å². The molecule has 2 atom stereocenters. The standard InChI is InChI=1S/C38H46N6O10/c1-25(45)42-13-12-33(30-21-27(38(49)50-2)8-9-32(30)42)44(40)22-28(39)24-54-20-19-53-18-17-52-16-15-51-14-4-6-26-5-3-7-29-31(26)23-43(37(29)48)34-10-11-35(46)41-36(34)47/h3,5,7-9,21-22,33-34H,10-20,23-24,39-40H2,1-2H3,(H,41,46,47)/b28-22-. The summed E-state index contributed by atoms with van der Waals surface area (Å²) in [4.78, 5) is 64.3. The lowest BCUT2D eigenvalue weighted by molar-refractivity contribution is -0.137. The number of benzene rings is 2. The molecular weight excluding hydrogens is 700 g/mol. The summed E-state index contributed by atoms with van der Waals surface area (Å²) in [6.45, 7) is 4.58. The minimum Gasteiger partial charge on any atom is -0.465 e. The smallest absolute Gasteiger partial charge is 0.337 e. The number of rotatable bonds is 16. The lowest BCUT2D eigenvalue weighted by Gasteiger charge is -2.37. The molecule has 0 radical (unpaired) electrons. The predicted molar refractivity (Wildman–Crippen MR) is 194 cm³/mol. The Morgan fingerprint density at radius 1 is 1.00 bits per heavy atom. The number of nitrogens with one attached hydrogen (secondary N) is 1. The highest BCUT2D eigenvalue weighted by Crippen LogP contribution is 2.37. The number of nitrogens with two attached hydrogens (primary N) is 2. The minimum absolute atomic E-state index is 0.106. The predicted octanol–water partition coefficient (Wildman–Crippen LogP) is 1.13. The summed E-state index contributed by atoms with van der Waals surface area (Å²) < 4.78 is 27.1. The van der Waals surface area contributed by atoms with E-state index in [0.29, 0.717) is 87.1 Å². The molecule has 2 unspecified atom stereocenters. The molecular formula is C38H46N6O10. The van der Waals surface area contributed by atoms with E-state index in [9.17, 15) is 24.0 Å². The van der Waals surface area contributed by atoms with Crippen molar-refractivity contribution >= 4 is 35.3 Å². The van der Waals surface area contributed by atoms with Crippen LogP contribution in [0.4, 0.5) is 5.69 Å². The minimum atomic E-state index is -0.676. The molecule has 5 rings (SSSR count). The number of hydrazine groups is 1. The quantitative estimate of drug-likeness (QED) is 0.0551. The van der Waals surface area contributed by atoms with E-state index >= 15 is 0 Å². The highest BCUT2D eigenvalue weighted by molar-refractivity contribution is 6.05. The van der Waals surface area contributed by atoms with Crippen molar-refractivity contribution in [2.75, 3.05) is 71.4 Å². The first-order valence-electron chi connectivity index (χ1n) is 17.6. The number of nitrogens with zero attached hydrogens (tertiary/aromatic N) is 3. The number of amides is 4. The third kappa shape index (κ3) is 10.0. The first kappa shape index (κ1) is 39.9. The number of fused-ring (bicyclic) bond motifs is 2. The van der Waals surface area contributed by atoms with Crippen LogP contribution >= 0.6 is 0 Å². The summed E-state index contributed by atoms with van der Waals surface area (Å²) in [5.74, 6) is 10.8. The van der Waals surface area contributed by atoms with Crippen LogP contribution in [0.3, 0.4) is 0 Å². The monoisotopic (exact) mass is 746 g/mol. The zero-order valence-corrected chi connectivity index (χ0v) is 30.5. The van der Waals surface area contributed by atoms with E-state index in [0.717, 1.165) is 11.1 Å². The Bertz CT molecular complexity index is 1820. The molecule has 5 N–H and O–H groups in total. The van der Waals surface area contributed by atoms with E-state index in [2.05, 4.69) is 17.2 Å². The second kappa shape index (κ2) is 19.1. The maximum Gasteiger partial charge on any atom is 0.337 e. The number of methoxy groups -OCH3 is 1. The molecule has 1 fully saturated rings. The van der Waals surface area contributed by atoms with Gasteiger partial charge in [0.2, 0.25) is 17.7 Å². The highest BCUT2D eigenvalue weighted by Gasteiger charge is 2.39. The van der Waals surface area contributed by atoms with Crippen molar-refractivity contribution in [1.29, 1.82) is 0 Å². The molecule has 1 saturated heterocycles. The normalized spacial score (nSPS) is 18.1.